The third-order valence-corrected chi connectivity index (χ3v) is 3.88. The Bertz CT molecular complexity index is 460. The largest absolute Gasteiger partial charge is 0.811 e. The van der Waals surface area contributed by atoms with E-state index in [0.29, 0.717) is 36.0 Å². The van der Waals surface area contributed by atoms with Gasteiger partial charge in [0.1, 0.15) is 11.5 Å². The lowest BCUT2D eigenvalue weighted by Crippen LogP contribution is -2.16. The molecular formula is C13H18ClO5P-2. The van der Waals surface area contributed by atoms with Crippen LogP contribution in [0.1, 0.15) is 25.7 Å². The molecule has 1 aromatic rings. The van der Waals surface area contributed by atoms with Crippen LogP contribution in [0.2, 0.25) is 5.02 Å². The Labute approximate surface area is 124 Å². The molecule has 0 radical (unpaired) electrons. The standard InChI is InChI=1S/C13H20ClO5P/c1-18-11-6-7-13(12(14)10-11)19-8-4-2-3-5-9-20(15,16)17/h6-7,10H,2-5,8-9H2,1H3,(H2,15,16,17)/p-2. The van der Waals surface area contributed by atoms with Crippen LogP contribution in [0.3, 0.4) is 0 Å². The van der Waals surface area contributed by atoms with Crippen molar-refractivity contribution in [2.24, 2.45) is 0 Å². The third-order valence-electron chi connectivity index (χ3n) is 2.72. The zero-order valence-corrected chi connectivity index (χ0v) is 13.0. The fourth-order valence-corrected chi connectivity index (χ4v) is 2.50. The zero-order chi connectivity index (χ0) is 15.0. The predicted molar refractivity (Wildman–Crippen MR) is 74.4 cm³/mol. The normalized spacial score (nSPS) is 11.4. The third kappa shape index (κ3) is 7.15. The number of unbranched alkanes of at least 4 members (excludes halogenated alkanes) is 3. The molecule has 0 aliphatic heterocycles. The summed E-state index contributed by atoms with van der Waals surface area (Å²) in [6, 6.07) is 5.18. The SMILES string of the molecule is COc1ccc(OCCCCCCP(=O)([O-])[O-])c(Cl)c1. The molecular weight excluding hydrogens is 303 g/mol. The lowest BCUT2D eigenvalue weighted by atomic mass is 10.2. The highest BCUT2D eigenvalue weighted by atomic mass is 35.5. The maximum atomic E-state index is 10.4. The summed E-state index contributed by atoms with van der Waals surface area (Å²) >= 11 is 6.02. The van der Waals surface area contributed by atoms with Crippen molar-refractivity contribution < 1.29 is 23.8 Å². The van der Waals surface area contributed by atoms with Crippen molar-refractivity contribution in [3.8, 4) is 11.5 Å². The van der Waals surface area contributed by atoms with Crippen molar-refractivity contribution >= 4 is 19.2 Å². The van der Waals surface area contributed by atoms with Gasteiger partial charge in [-0.1, -0.05) is 32.0 Å². The van der Waals surface area contributed by atoms with Crippen LogP contribution in [0, 0.1) is 0 Å². The van der Waals surface area contributed by atoms with Gasteiger partial charge in [0.2, 0.25) is 0 Å². The smallest absolute Gasteiger partial charge is 0.138 e. The first-order valence-corrected chi connectivity index (χ1v) is 8.50. The van der Waals surface area contributed by atoms with Gasteiger partial charge in [-0.2, -0.15) is 0 Å². The molecule has 0 amide bonds. The molecule has 0 spiro atoms. The molecule has 0 saturated heterocycles. The predicted octanol–water partition coefficient (Wildman–Crippen LogP) is 2.20. The van der Waals surface area contributed by atoms with Crippen LogP contribution in [-0.2, 0) is 4.57 Å². The first-order valence-electron chi connectivity index (χ1n) is 6.40. The number of hydrogen-bond acceptors (Lipinski definition) is 5. The highest BCUT2D eigenvalue weighted by Crippen LogP contribution is 2.29. The maximum absolute atomic E-state index is 10.4. The molecule has 0 atom stereocenters. The molecule has 0 aliphatic rings. The van der Waals surface area contributed by atoms with Crippen LogP contribution in [-0.4, -0.2) is 19.9 Å². The molecule has 0 N–H and O–H groups in total. The number of halogens is 1. The molecule has 0 saturated carbocycles. The van der Waals surface area contributed by atoms with Crippen molar-refractivity contribution in [3.05, 3.63) is 23.2 Å². The van der Waals surface area contributed by atoms with Gasteiger partial charge in [0.15, 0.2) is 0 Å². The first-order chi connectivity index (χ1) is 9.42. The highest BCUT2D eigenvalue weighted by Gasteiger charge is 2.03. The topological polar surface area (TPSA) is 81.7 Å². The van der Waals surface area contributed by atoms with Crippen LogP contribution in [0.5, 0.6) is 11.5 Å². The molecule has 0 aliphatic carbocycles. The zero-order valence-electron chi connectivity index (χ0n) is 11.3. The van der Waals surface area contributed by atoms with Crippen LogP contribution in [0.15, 0.2) is 18.2 Å². The van der Waals surface area contributed by atoms with E-state index in [4.69, 9.17) is 21.1 Å². The molecule has 0 heterocycles. The summed E-state index contributed by atoms with van der Waals surface area (Å²) in [5, 5.41) is 0.489. The number of ether oxygens (including phenoxy) is 2. The fourth-order valence-electron chi connectivity index (χ4n) is 1.67. The molecule has 20 heavy (non-hydrogen) atoms. The van der Waals surface area contributed by atoms with Gasteiger partial charge in [0.05, 0.1) is 18.7 Å². The Balaban J connectivity index is 2.17. The number of benzene rings is 1. The summed E-state index contributed by atoms with van der Waals surface area (Å²) < 4.78 is 21.0. The molecule has 7 heteroatoms. The lowest BCUT2D eigenvalue weighted by molar-refractivity contribution is -0.313. The van der Waals surface area contributed by atoms with E-state index in [1.165, 1.54) is 0 Å². The number of rotatable bonds is 9. The van der Waals surface area contributed by atoms with Gasteiger partial charge in [-0.15, -0.1) is 0 Å². The van der Waals surface area contributed by atoms with Crippen molar-refractivity contribution in [2.45, 2.75) is 25.7 Å². The highest BCUT2D eigenvalue weighted by molar-refractivity contribution is 7.48. The Morgan fingerprint density at radius 2 is 1.90 bits per heavy atom. The van der Waals surface area contributed by atoms with E-state index < -0.39 is 7.60 Å². The summed E-state index contributed by atoms with van der Waals surface area (Å²) in [4.78, 5) is 20.8. The second-order valence-corrected chi connectivity index (χ2v) is 6.47. The van der Waals surface area contributed by atoms with E-state index >= 15 is 0 Å². The summed E-state index contributed by atoms with van der Waals surface area (Å²) in [7, 11) is -2.78. The van der Waals surface area contributed by atoms with Gasteiger partial charge in [-0.3, -0.25) is 0 Å². The van der Waals surface area contributed by atoms with Gasteiger partial charge >= 0.3 is 0 Å². The second-order valence-electron chi connectivity index (χ2n) is 4.39. The molecule has 0 aromatic heterocycles. The molecule has 1 rings (SSSR count). The summed E-state index contributed by atoms with van der Waals surface area (Å²) in [6.07, 6.45) is 2.44. The Morgan fingerprint density at radius 3 is 2.50 bits per heavy atom. The molecule has 0 fully saturated rings. The van der Waals surface area contributed by atoms with Gasteiger partial charge < -0.3 is 23.8 Å². The average Bonchev–Trinajstić information content (AvgIpc) is 2.37. The fraction of sp³-hybridized carbons (Fsp3) is 0.538. The van der Waals surface area contributed by atoms with Gasteiger partial charge in [0.25, 0.3) is 0 Å². The van der Waals surface area contributed by atoms with Crippen molar-refractivity contribution in [1.29, 1.82) is 0 Å². The summed E-state index contributed by atoms with van der Waals surface area (Å²) in [6.45, 7) is 0.498. The Kier molecular flexibility index (Phi) is 7.38. The van der Waals surface area contributed by atoms with Crippen LogP contribution in [0.4, 0.5) is 0 Å². The lowest BCUT2D eigenvalue weighted by Gasteiger charge is -2.29. The van der Waals surface area contributed by atoms with Crippen molar-refractivity contribution in [2.75, 3.05) is 19.9 Å². The van der Waals surface area contributed by atoms with Crippen molar-refractivity contribution in [3.63, 3.8) is 0 Å². The van der Waals surface area contributed by atoms with E-state index in [-0.39, 0.29) is 6.16 Å². The molecule has 0 unspecified atom stereocenters. The molecule has 5 nitrogen and oxygen atoms in total. The van der Waals surface area contributed by atoms with Crippen LogP contribution >= 0.6 is 19.2 Å². The van der Waals surface area contributed by atoms with Gasteiger partial charge in [-0.25, -0.2) is 0 Å². The minimum absolute atomic E-state index is 0.266. The minimum Gasteiger partial charge on any atom is -0.811 e. The monoisotopic (exact) mass is 320 g/mol. The minimum atomic E-state index is -4.34. The number of methoxy groups -OCH3 is 1. The van der Waals surface area contributed by atoms with E-state index in [0.717, 1.165) is 12.8 Å². The quantitative estimate of drug-likeness (QED) is 0.514. The van der Waals surface area contributed by atoms with E-state index in [9.17, 15) is 14.4 Å². The molecule has 0 bridgehead atoms. The van der Waals surface area contributed by atoms with Crippen molar-refractivity contribution in [1.82, 2.24) is 0 Å². The average molecular weight is 321 g/mol. The number of hydrogen-bond donors (Lipinski definition) is 0. The second kappa shape index (κ2) is 8.53. The molecule has 114 valence electrons. The van der Waals surface area contributed by atoms with E-state index in [1.54, 1.807) is 25.3 Å². The summed E-state index contributed by atoms with van der Waals surface area (Å²) in [5.74, 6) is 1.26. The Hall–Kier alpha value is -0.740. The maximum Gasteiger partial charge on any atom is 0.138 e. The van der Waals surface area contributed by atoms with Gasteiger partial charge in [-0.05, 0) is 31.1 Å². The summed E-state index contributed by atoms with van der Waals surface area (Å²) in [5.41, 5.74) is 0. The van der Waals surface area contributed by atoms with Crippen LogP contribution < -0.4 is 19.3 Å². The Morgan fingerprint density at radius 1 is 1.20 bits per heavy atom. The van der Waals surface area contributed by atoms with E-state index in [2.05, 4.69) is 0 Å². The first kappa shape index (κ1) is 17.3. The van der Waals surface area contributed by atoms with Crippen LogP contribution in [0.25, 0.3) is 0 Å². The van der Waals surface area contributed by atoms with E-state index in [1.807, 2.05) is 0 Å². The van der Waals surface area contributed by atoms with Gasteiger partial charge in [0, 0.05) is 6.07 Å². The molecule has 1 aromatic carbocycles.